The molecule has 0 aliphatic carbocycles. The third-order valence-corrected chi connectivity index (χ3v) is 2.96. The van der Waals surface area contributed by atoms with Gasteiger partial charge in [0, 0.05) is 6.42 Å². The standard InChI is InChI=1S/C12H13ClO3/c1-7-5-10-11(6-8(7)2)16-9(12(13)14)3-4-15-10/h5-6,9H,3-4H2,1-2H3. The van der Waals surface area contributed by atoms with Crippen LogP contribution in [0.2, 0.25) is 0 Å². The highest BCUT2D eigenvalue weighted by Crippen LogP contribution is 2.34. The van der Waals surface area contributed by atoms with Crippen LogP contribution in [0.5, 0.6) is 11.5 Å². The molecule has 1 atom stereocenters. The molecule has 1 heterocycles. The van der Waals surface area contributed by atoms with E-state index in [9.17, 15) is 4.79 Å². The monoisotopic (exact) mass is 240 g/mol. The molecule has 0 radical (unpaired) electrons. The van der Waals surface area contributed by atoms with Crippen molar-refractivity contribution in [3.8, 4) is 11.5 Å². The van der Waals surface area contributed by atoms with Crippen LogP contribution in [0.15, 0.2) is 12.1 Å². The zero-order valence-corrected chi connectivity index (χ0v) is 10.0. The number of rotatable bonds is 1. The molecule has 0 amide bonds. The van der Waals surface area contributed by atoms with Crippen molar-refractivity contribution in [1.82, 2.24) is 0 Å². The molecule has 0 fully saturated rings. The van der Waals surface area contributed by atoms with Gasteiger partial charge in [-0.15, -0.1) is 0 Å². The average molecular weight is 241 g/mol. The maximum Gasteiger partial charge on any atom is 0.262 e. The zero-order valence-electron chi connectivity index (χ0n) is 9.25. The van der Waals surface area contributed by atoms with Crippen LogP contribution in [0, 0.1) is 13.8 Å². The zero-order chi connectivity index (χ0) is 11.7. The van der Waals surface area contributed by atoms with Crippen LogP contribution >= 0.6 is 11.6 Å². The van der Waals surface area contributed by atoms with Gasteiger partial charge in [0.05, 0.1) is 6.61 Å². The molecule has 1 aromatic rings. The highest BCUT2D eigenvalue weighted by molar-refractivity contribution is 6.64. The fourth-order valence-electron chi connectivity index (χ4n) is 1.62. The molecular weight excluding hydrogens is 228 g/mol. The van der Waals surface area contributed by atoms with E-state index < -0.39 is 11.3 Å². The number of carbonyl (C=O) groups excluding carboxylic acids is 1. The third-order valence-electron chi connectivity index (χ3n) is 2.72. The number of carbonyl (C=O) groups is 1. The molecule has 0 saturated heterocycles. The van der Waals surface area contributed by atoms with E-state index in [1.165, 1.54) is 0 Å². The van der Waals surface area contributed by atoms with Crippen molar-refractivity contribution in [2.45, 2.75) is 26.4 Å². The Kier molecular flexibility index (Phi) is 3.06. The van der Waals surface area contributed by atoms with Crippen LogP contribution in [-0.2, 0) is 4.79 Å². The minimum atomic E-state index is -0.606. The highest BCUT2D eigenvalue weighted by Gasteiger charge is 2.24. The third kappa shape index (κ3) is 2.14. The van der Waals surface area contributed by atoms with Gasteiger partial charge in [-0.05, 0) is 48.7 Å². The lowest BCUT2D eigenvalue weighted by Crippen LogP contribution is -2.23. The second kappa shape index (κ2) is 4.34. The van der Waals surface area contributed by atoms with Crippen LogP contribution in [0.3, 0.4) is 0 Å². The maximum absolute atomic E-state index is 11.1. The summed E-state index contributed by atoms with van der Waals surface area (Å²) < 4.78 is 11.1. The predicted molar refractivity (Wildman–Crippen MR) is 61.3 cm³/mol. The molecule has 1 aliphatic heterocycles. The van der Waals surface area contributed by atoms with Crippen molar-refractivity contribution in [3.63, 3.8) is 0 Å². The fourth-order valence-corrected chi connectivity index (χ4v) is 1.77. The lowest BCUT2D eigenvalue weighted by molar-refractivity contribution is -0.118. The quantitative estimate of drug-likeness (QED) is 0.708. The van der Waals surface area contributed by atoms with Gasteiger partial charge in [-0.1, -0.05) is 0 Å². The molecule has 1 unspecified atom stereocenters. The topological polar surface area (TPSA) is 35.5 Å². The van der Waals surface area contributed by atoms with Gasteiger partial charge < -0.3 is 9.47 Å². The summed E-state index contributed by atoms with van der Waals surface area (Å²) in [5, 5.41) is -0.477. The first kappa shape index (κ1) is 11.3. The maximum atomic E-state index is 11.1. The summed E-state index contributed by atoms with van der Waals surface area (Å²) in [7, 11) is 0. The summed E-state index contributed by atoms with van der Waals surface area (Å²) in [5.74, 6) is 1.28. The molecule has 16 heavy (non-hydrogen) atoms. The number of fused-ring (bicyclic) bond motifs is 1. The van der Waals surface area contributed by atoms with Crippen molar-refractivity contribution >= 4 is 16.8 Å². The van der Waals surface area contributed by atoms with Gasteiger partial charge in [0.25, 0.3) is 5.24 Å². The Morgan fingerprint density at radius 3 is 2.56 bits per heavy atom. The lowest BCUT2D eigenvalue weighted by atomic mass is 10.1. The van der Waals surface area contributed by atoms with Crippen molar-refractivity contribution in [3.05, 3.63) is 23.3 Å². The number of halogens is 1. The van der Waals surface area contributed by atoms with Gasteiger partial charge in [-0.25, -0.2) is 0 Å². The molecule has 0 bridgehead atoms. The lowest BCUT2D eigenvalue weighted by Gasteiger charge is -2.13. The van der Waals surface area contributed by atoms with E-state index in [-0.39, 0.29) is 0 Å². The molecule has 86 valence electrons. The van der Waals surface area contributed by atoms with Crippen LogP contribution < -0.4 is 9.47 Å². The molecular formula is C12H13ClO3. The summed E-state index contributed by atoms with van der Waals surface area (Å²) in [6, 6.07) is 3.80. The Morgan fingerprint density at radius 2 is 1.94 bits per heavy atom. The largest absolute Gasteiger partial charge is 0.490 e. The SMILES string of the molecule is Cc1cc2c(cc1C)OC(C(=O)Cl)CCO2. The summed E-state index contributed by atoms with van der Waals surface area (Å²) in [6.45, 7) is 4.44. The van der Waals surface area contributed by atoms with Gasteiger partial charge in [0.15, 0.2) is 17.6 Å². The van der Waals surface area contributed by atoms with Crippen LogP contribution in [0.1, 0.15) is 17.5 Å². The van der Waals surface area contributed by atoms with Crippen LogP contribution in [0.25, 0.3) is 0 Å². The molecule has 0 spiro atoms. The molecule has 3 nitrogen and oxygen atoms in total. The predicted octanol–water partition coefficient (Wildman–Crippen LogP) is 2.60. The normalized spacial score (nSPS) is 19.1. The average Bonchev–Trinajstić information content (AvgIpc) is 2.41. The van der Waals surface area contributed by atoms with E-state index in [1.54, 1.807) is 0 Å². The van der Waals surface area contributed by atoms with Crippen LogP contribution in [-0.4, -0.2) is 18.0 Å². The molecule has 1 aromatic carbocycles. The summed E-state index contributed by atoms with van der Waals surface area (Å²) in [4.78, 5) is 11.1. The van der Waals surface area contributed by atoms with E-state index in [1.807, 2.05) is 26.0 Å². The molecule has 0 saturated carbocycles. The van der Waals surface area contributed by atoms with Gasteiger partial charge in [0.1, 0.15) is 0 Å². The van der Waals surface area contributed by atoms with Gasteiger partial charge in [0.2, 0.25) is 0 Å². The number of hydrogen-bond acceptors (Lipinski definition) is 3. The first-order valence-electron chi connectivity index (χ1n) is 5.18. The Bertz CT molecular complexity index is 429. The van der Waals surface area contributed by atoms with E-state index in [2.05, 4.69) is 0 Å². The Morgan fingerprint density at radius 1 is 1.31 bits per heavy atom. The molecule has 0 aromatic heterocycles. The molecule has 1 aliphatic rings. The van der Waals surface area contributed by atoms with Gasteiger partial charge >= 0.3 is 0 Å². The summed E-state index contributed by atoms with van der Waals surface area (Å²) in [6.07, 6.45) is -0.125. The van der Waals surface area contributed by atoms with E-state index in [0.29, 0.717) is 24.5 Å². The second-order valence-corrected chi connectivity index (χ2v) is 4.30. The van der Waals surface area contributed by atoms with E-state index in [4.69, 9.17) is 21.1 Å². The number of ether oxygens (including phenoxy) is 2. The Balaban J connectivity index is 2.36. The van der Waals surface area contributed by atoms with Crippen molar-refractivity contribution in [1.29, 1.82) is 0 Å². The van der Waals surface area contributed by atoms with Crippen molar-refractivity contribution < 1.29 is 14.3 Å². The number of aryl methyl sites for hydroxylation is 2. The second-order valence-electron chi connectivity index (χ2n) is 3.93. The Hall–Kier alpha value is -1.22. The van der Waals surface area contributed by atoms with Gasteiger partial charge in [-0.3, -0.25) is 4.79 Å². The van der Waals surface area contributed by atoms with E-state index in [0.717, 1.165) is 11.1 Å². The number of benzene rings is 1. The molecule has 2 rings (SSSR count). The Labute approximate surface area is 99.3 Å². The van der Waals surface area contributed by atoms with Crippen LogP contribution in [0.4, 0.5) is 0 Å². The smallest absolute Gasteiger partial charge is 0.262 e. The first-order valence-corrected chi connectivity index (χ1v) is 5.56. The fraction of sp³-hybridized carbons (Fsp3) is 0.417. The molecule has 0 N–H and O–H groups in total. The molecule has 4 heteroatoms. The highest BCUT2D eigenvalue weighted by atomic mass is 35.5. The summed E-state index contributed by atoms with van der Waals surface area (Å²) >= 11 is 5.45. The van der Waals surface area contributed by atoms with E-state index >= 15 is 0 Å². The minimum absolute atomic E-state index is 0.443. The van der Waals surface area contributed by atoms with Crippen molar-refractivity contribution in [2.24, 2.45) is 0 Å². The number of hydrogen-bond donors (Lipinski definition) is 0. The van der Waals surface area contributed by atoms with Gasteiger partial charge in [-0.2, -0.15) is 0 Å². The first-order chi connectivity index (χ1) is 7.58. The van der Waals surface area contributed by atoms with Crippen molar-refractivity contribution in [2.75, 3.05) is 6.61 Å². The summed E-state index contributed by atoms with van der Waals surface area (Å²) in [5.41, 5.74) is 2.24. The minimum Gasteiger partial charge on any atom is -0.490 e.